The molecule has 1 N–H and O–H groups in total. The van der Waals surface area contributed by atoms with Crippen LogP contribution in [0.5, 0.6) is 0 Å². The van der Waals surface area contributed by atoms with Gasteiger partial charge in [-0.05, 0) is 48.4 Å². The standard InChI is InChI=1S/C15H13FN2/c16-9-1-2-11-10(5-9)12-6-15(12,14(11)3-4-14)13-7-17-8-18-13/h1-2,5,7-8,12H,3-4,6H2,(H,17,18). The number of hydrogen-bond donors (Lipinski definition) is 1. The molecule has 18 heavy (non-hydrogen) atoms. The van der Waals surface area contributed by atoms with E-state index in [-0.39, 0.29) is 16.6 Å². The molecular formula is C15H13FN2. The molecule has 2 nitrogen and oxygen atoms in total. The van der Waals surface area contributed by atoms with Crippen molar-refractivity contribution in [3.05, 3.63) is 53.4 Å². The highest BCUT2D eigenvalue weighted by Gasteiger charge is 2.78. The molecule has 0 amide bonds. The maximum atomic E-state index is 13.5. The summed E-state index contributed by atoms with van der Waals surface area (Å²) in [7, 11) is 0. The molecule has 3 aliphatic rings. The summed E-state index contributed by atoms with van der Waals surface area (Å²) in [6.07, 6.45) is 7.36. The second-order valence-corrected chi connectivity index (χ2v) is 6.01. The smallest absolute Gasteiger partial charge is 0.123 e. The molecule has 3 heteroatoms. The Labute approximate surface area is 104 Å². The second kappa shape index (κ2) is 2.53. The van der Waals surface area contributed by atoms with Crippen LogP contribution >= 0.6 is 0 Å². The lowest BCUT2D eigenvalue weighted by Crippen LogP contribution is -2.24. The normalized spacial score (nSPS) is 33.3. The van der Waals surface area contributed by atoms with Crippen LogP contribution in [0, 0.1) is 5.82 Å². The molecule has 2 aromatic rings. The fourth-order valence-electron chi connectivity index (χ4n) is 4.56. The van der Waals surface area contributed by atoms with Crippen molar-refractivity contribution in [3.8, 4) is 0 Å². The van der Waals surface area contributed by atoms with Crippen molar-refractivity contribution in [2.24, 2.45) is 0 Å². The molecule has 0 saturated heterocycles. The van der Waals surface area contributed by atoms with Crippen LogP contribution in [0.4, 0.5) is 4.39 Å². The van der Waals surface area contributed by atoms with Gasteiger partial charge >= 0.3 is 0 Å². The number of nitrogens with one attached hydrogen (secondary N) is 1. The van der Waals surface area contributed by atoms with Gasteiger partial charge in [0.15, 0.2) is 0 Å². The van der Waals surface area contributed by atoms with Crippen LogP contribution in [0.3, 0.4) is 0 Å². The van der Waals surface area contributed by atoms with Crippen molar-refractivity contribution in [2.75, 3.05) is 0 Å². The number of imidazole rings is 1. The minimum atomic E-state index is -0.100. The molecule has 0 radical (unpaired) electrons. The highest BCUT2D eigenvalue weighted by molar-refractivity contribution is 5.62. The summed E-state index contributed by atoms with van der Waals surface area (Å²) in [5.41, 5.74) is 4.39. The maximum Gasteiger partial charge on any atom is 0.123 e. The van der Waals surface area contributed by atoms with Gasteiger partial charge in [0.05, 0.1) is 6.33 Å². The summed E-state index contributed by atoms with van der Waals surface area (Å²) in [6, 6.07) is 5.39. The number of halogens is 1. The quantitative estimate of drug-likeness (QED) is 0.815. The molecule has 90 valence electrons. The van der Waals surface area contributed by atoms with Crippen molar-refractivity contribution in [1.82, 2.24) is 9.97 Å². The Morgan fingerprint density at radius 3 is 2.94 bits per heavy atom. The predicted octanol–water partition coefficient (Wildman–Crippen LogP) is 3.02. The lowest BCUT2D eigenvalue weighted by Gasteiger charge is -2.22. The zero-order valence-corrected chi connectivity index (χ0v) is 9.91. The van der Waals surface area contributed by atoms with E-state index in [1.807, 2.05) is 12.3 Å². The Balaban J connectivity index is 1.77. The Kier molecular flexibility index (Phi) is 1.31. The number of nitrogens with zero attached hydrogens (tertiary/aromatic N) is 1. The van der Waals surface area contributed by atoms with Gasteiger partial charge in [-0.1, -0.05) is 6.07 Å². The molecule has 2 atom stereocenters. The molecular weight excluding hydrogens is 227 g/mol. The topological polar surface area (TPSA) is 28.7 Å². The molecule has 2 fully saturated rings. The van der Waals surface area contributed by atoms with Gasteiger partial charge < -0.3 is 4.98 Å². The minimum Gasteiger partial charge on any atom is -0.348 e. The number of hydrogen-bond acceptors (Lipinski definition) is 1. The largest absolute Gasteiger partial charge is 0.348 e. The number of fused-ring (bicyclic) bond motifs is 5. The first-order valence-electron chi connectivity index (χ1n) is 6.57. The maximum absolute atomic E-state index is 13.5. The van der Waals surface area contributed by atoms with Crippen molar-refractivity contribution in [3.63, 3.8) is 0 Å². The van der Waals surface area contributed by atoms with Crippen LogP contribution in [-0.4, -0.2) is 9.97 Å². The van der Waals surface area contributed by atoms with Crippen LogP contribution in [0.2, 0.25) is 0 Å². The number of aromatic amines is 1. The van der Waals surface area contributed by atoms with Crippen LogP contribution in [0.25, 0.3) is 0 Å². The van der Waals surface area contributed by atoms with Crippen LogP contribution in [-0.2, 0) is 10.8 Å². The van der Waals surface area contributed by atoms with Gasteiger partial charge in [0, 0.05) is 22.7 Å². The van der Waals surface area contributed by atoms with Gasteiger partial charge in [-0.2, -0.15) is 0 Å². The van der Waals surface area contributed by atoms with Crippen molar-refractivity contribution in [1.29, 1.82) is 0 Å². The summed E-state index contributed by atoms with van der Waals surface area (Å²) in [5, 5.41) is 0. The van der Waals surface area contributed by atoms with Gasteiger partial charge in [-0.15, -0.1) is 0 Å². The summed E-state index contributed by atoms with van der Waals surface area (Å²) >= 11 is 0. The zero-order valence-electron chi connectivity index (χ0n) is 9.91. The van der Waals surface area contributed by atoms with E-state index in [2.05, 4.69) is 9.97 Å². The van der Waals surface area contributed by atoms with Crippen molar-refractivity contribution < 1.29 is 4.39 Å². The third kappa shape index (κ3) is 0.779. The summed E-state index contributed by atoms with van der Waals surface area (Å²) < 4.78 is 13.5. The molecule has 3 aliphatic carbocycles. The molecule has 2 unspecified atom stereocenters. The first-order chi connectivity index (χ1) is 8.78. The summed E-state index contributed by atoms with van der Waals surface area (Å²) in [6.45, 7) is 0. The summed E-state index contributed by atoms with van der Waals surface area (Å²) in [4.78, 5) is 7.48. The van der Waals surface area contributed by atoms with E-state index in [1.165, 1.54) is 29.7 Å². The number of rotatable bonds is 1. The second-order valence-electron chi connectivity index (χ2n) is 6.01. The van der Waals surface area contributed by atoms with Crippen LogP contribution in [0.1, 0.15) is 42.0 Å². The molecule has 5 rings (SSSR count). The highest BCUT2D eigenvalue weighted by Crippen LogP contribution is 2.82. The lowest BCUT2D eigenvalue weighted by atomic mass is 9.81. The monoisotopic (exact) mass is 240 g/mol. The van der Waals surface area contributed by atoms with E-state index in [9.17, 15) is 4.39 Å². The van der Waals surface area contributed by atoms with Crippen molar-refractivity contribution >= 4 is 0 Å². The minimum absolute atomic E-state index is 0.100. The van der Waals surface area contributed by atoms with Gasteiger partial charge in [0.25, 0.3) is 0 Å². The predicted molar refractivity (Wildman–Crippen MR) is 64.9 cm³/mol. The highest BCUT2D eigenvalue weighted by atomic mass is 19.1. The number of benzene rings is 1. The Hall–Kier alpha value is -1.64. The average Bonchev–Trinajstić information content (AvgIpc) is 3.23. The van der Waals surface area contributed by atoms with Crippen molar-refractivity contribution in [2.45, 2.75) is 36.0 Å². The van der Waals surface area contributed by atoms with E-state index in [1.54, 1.807) is 18.5 Å². The first-order valence-corrected chi connectivity index (χ1v) is 6.57. The molecule has 1 heterocycles. The molecule has 0 bridgehead atoms. The number of aromatic nitrogens is 2. The first kappa shape index (κ1) is 9.31. The number of H-pyrrole nitrogens is 1. The third-order valence-electron chi connectivity index (χ3n) is 5.45. The van der Waals surface area contributed by atoms with Crippen LogP contribution < -0.4 is 0 Å². The van der Waals surface area contributed by atoms with Gasteiger partial charge in [-0.25, -0.2) is 9.37 Å². The third-order valence-corrected chi connectivity index (χ3v) is 5.45. The van der Waals surface area contributed by atoms with E-state index >= 15 is 0 Å². The van der Waals surface area contributed by atoms with E-state index in [0.717, 1.165) is 6.42 Å². The van der Waals surface area contributed by atoms with Gasteiger partial charge in [0.2, 0.25) is 0 Å². The molecule has 0 aliphatic heterocycles. The van der Waals surface area contributed by atoms with E-state index in [4.69, 9.17) is 0 Å². The molecule has 1 spiro atoms. The zero-order chi connectivity index (χ0) is 12.0. The van der Waals surface area contributed by atoms with Gasteiger partial charge in [-0.3, -0.25) is 0 Å². The Bertz CT molecular complexity index is 657. The lowest BCUT2D eigenvalue weighted by molar-refractivity contribution is 0.512. The molecule has 1 aromatic heterocycles. The molecule has 2 saturated carbocycles. The summed E-state index contributed by atoms with van der Waals surface area (Å²) in [5.74, 6) is 0.406. The molecule has 1 aromatic carbocycles. The fourth-order valence-corrected chi connectivity index (χ4v) is 4.56. The van der Waals surface area contributed by atoms with E-state index < -0.39 is 0 Å². The fraction of sp³-hybridized carbons (Fsp3) is 0.400. The Morgan fingerprint density at radius 2 is 2.22 bits per heavy atom. The average molecular weight is 240 g/mol. The van der Waals surface area contributed by atoms with E-state index in [0.29, 0.717) is 5.92 Å². The van der Waals surface area contributed by atoms with Gasteiger partial charge in [0.1, 0.15) is 5.82 Å². The SMILES string of the molecule is Fc1ccc2c(c1)C1CC1(c1cnc[nH]1)C21CC1. The Morgan fingerprint density at radius 1 is 1.33 bits per heavy atom. The van der Waals surface area contributed by atoms with Crippen LogP contribution in [0.15, 0.2) is 30.7 Å².